The molecule has 0 saturated carbocycles. The summed E-state index contributed by atoms with van der Waals surface area (Å²) in [5.74, 6) is -1.01. The van der Waals surface area contributed by atoms with Gasteiger partial charge >= 0.3 is 0 Å². The summed E-state index contributed by atoms with van der Waals surface area (Å²) in [5, 5.41) is 10.4. The van der Waals surface area contributed by atoms with Crippen molar-refractivity contribution in [3.05, 3.63) is 46.9 Å². The molecule has 0 fully saturated rings. The lowest BCUT2D eigenvalue weighted by Gasteiger charge is -2.22. The summed E-state index contributed by atoms with van der Waals surface area (Å²) in [6.07, 6.45) is 1.05. The Morgan fingerprint density at radius 2 is 2.17 bits per heavy atom. The van der Waals surface area contributed by atoms with Gasteiger partial charge in [0, 0.05) is 16.8 Å². The van der Waals surface area contributed by atoms with E-state index in [9.17, 15) is 17.9 Å². The summed E-state index contributed by atoms with van der Waals surface area (Å²) in [6.45, 7) is 2.68. The zero-order valence-corrected chi connectivity index (χ0v) is 13.9. The van der Waals surface area contributed by atoms with Gasteiger partial charge < -0.3 is 9.84 Å². The second kappa shape index (κ2) is 6.37. The Labute approximate surface area is 139 Å². The zero-order chi connectivity index (χ0) is 17.3. The van der Waals surface area contributed by atoms with Crippen LogP contribution in [0, 0.1) is 5.82 Å². The first-order chi connectivity index (χ1) is 11.4. The van der Waals surface area contributed by atoms with E-state index >= 15 is 0 Å². The van der Waals surface area contributed by atoms with Crippen LogP contribution in [0.25, 0.3) is 0 Å². The third kappa shape index (κ3) is 3.07. The molecule has 24 heavy (non-hydrogen) atoms. The third-order valence-electron chi connectivity index (χ3n) is 3.88. The molecule has 0 atom stereocenters. The van der Waals surface area contributed by atoms with Crippen molar-refractivity contribution in [1.29, 1.82) is 0 Å². The molecule has 0 saturated heterocycles. The Bertz CT molecular complexity index is 884. The highest BCUT2D eigenvalue weighted by Gasteiger charge is 2.24. The number of fused-ring (bicyclic) bond motifs is 1. The lowest BCUT2D eigenvalue weighted by atomic mass is 10.00. The van der Waals surface area contributed by atoms with E-state index in [2.05, 4.69) is 9.71 Å². The fourth-order valence-corrected chi connectivity index (χ4v) is 3.73. The predicted molar refractivity (Wildman–Crippen MR) is 85.8 cm³/mol. The average molecular weight is 352 g/mol. The number of pyridine rings is 1. The number of ether oxygens (including phenoxy) is 1. The number of anilines is 1. The first-order valence-corrected chi connectivity index (χ1v) is 9.00. The van der Waals surface area contributed by atoms with E-state index in [4.69, 9.17) is 4.74 Å². The average Bonchev–Trinajstić information content (AvgIpc) is 2.57. The van der Waals surface area contributed by atoms with E-state index < -0.39 is 15.8 Å². The van der Waals surface area contributed by atoms with Crippen LogP contribution in [0.3, 0.4) is 0 Å². The molecule has 0 aliphatic carbocycles. The van der Waals surface area contributed by atoms with Crippen LogP contribution in [0.5, 0.6) is 5.75 Å². The molecule has 2 N–H and O–H groups in total. The van der Waals surface area contributed by atoms with Crippen LogP contribution in [0.1, 0.15) is 23.7 Å². The van der Waals surface area contributed by atoms with Crippen LogP contribution in [0.15, 0.2) is 29.2 Å². The number of nitrogens with zero attached hydrogens (tertiary/aromatic N) is 1. The molecule has 0 amide bonds. The number of hydrogen-bond donors (Lipinski definition) is 2. The highest BCUT2D eigenvalue weighted by Crippen LogP contribution is 2.35. The Balaban J connectivity index is 2.04. The number of benzene rings is 1. The smallest absolute Gasteiger partial charge is 0.263 e. The van der Waals surface area contributed by atoms with Crippen molar-refractivity contribution in [3.8, 4) is 5.75 Å². The van der Waals surface area contributed by atoms with E-state index in [0.717, 1.165) is 17.7 Å². The predicted octanol–water partition coefficient (Wildman–Crippen LogP) is 2.36. The number of aromatic hydroxyl groups is 1. The van der Waals surface area contributed by atoms with Crippen LogP contribution >= 0.6 is 0 Å². The number of sulfonamides is 1. The van der Waals surface area contributed by atoms with E-state index in [-0.39, 0.29) is 16.5 Å². The molecule has 0 radical (unpaired) electrons. The minimum absolute atomic E-state index is 0.142. The van der Waals surface area contributed by atoms with Gasteiger partial charge in [0.15, 0.2) is 11.6 Å². The molecule has 0 unspecified atom stereocenters. The maximum absolute atomic E-state index is 13.3. The summed E-state index contributed by atoms with van der Waals surface area (Å²) in [5.41, 5.74) is 2.11. The summed E-state index contributed by atoms with van der Waals surface area (Å²) in [7, 11) is -4.05. The summed E-state index contributed by atoms with van der Waals surface area (Å²) in [6, 6.07) is 4.64. The SMILES string of the molecule is CCc1nc(NS(=O)(=O)c2cccc(F)c2)c(O)c2c1COCC2. The van der Waals surface area contributed by atoms with Gasteiger partial charge in [0.1, 0.15) is 5.82 Å². The van der Waals surface area contributed by atoms with Crippen molar-refractivity contribution >= 4 is 15.8 Å². The molecular formula is C16H17FN2O4S. The molecule has 6 nitrogen and oxygen atoms in total. The molecule has 8 heteroatoms. The van der Waals surface area contributed by atoms with Crippen molar-refractivity contribution in [1.82, 2.24) is 4.98 Å². The van der Waals surface area contributed by atoms with Crippen LogP contribution in [-0.2, 0) is 34.2 Å². The molecular weight excluding hydrogens is 335 g/mol. The monoisotopic (exact) mass is 352 g/mol. The highest BCUT2D eigenvalue weighted by atomic mass is 32.2. The largest absolute Gasteiger partial charge is 0.504 e. The van der Waals surface area contributed by atoms with Crippen molar-refractivity contribution in [3.63, 3.8) is 0 Å². The number of hydrogen-bond acceptors (Lipinski definition) is 5. The van der Waals surface area contributed by atoms with Gasteiger partial charge in [-0.1, -0.05) is 13.0 Å². The van der Waals surface area contributed by atoms with Crippen molar-refractivity contribution in [2.45, 2.75) is 31.3 Å². The molecule has 0 bridgehead atoms. The normalized spacial score (nSPS) is 14.2. The fraction of sp³-hybridized carbons (Fsp3) is 0.312. The Hall–Kier alpha value is -2.19. The lowest BCUT2D eigenvalue weighted by molar-refractivity contribution is 0.108. The maximum atomic E-state index is 13.3. The van der Waals surface area contributed by atoms with Crippen molar-refractivity contribution in [2.24, 2.45) is 0 Å². The maximum Gasteiger partial charge on any atom is 0.263 e. The standard InChI is InChI=1S/C16H17FN2O4S/c1-2-14-13-9-23-7-6-12(13)15(20)16(18-14)19-24(21,22)11-5-3-4-10(17)8-11/h3-5,8,20H,2,6-7,9H2,1H3,(H,18,19). The number of rotatable bonds is 4. The quantitative estimate of drug-likeness (QED) is 0.882. The molecule has 1 aliphatic heterocycles. The van der Waals surface area contributed by atoms with Crippen LogP contribution < -0.4 is 4.72 Å². The van der Waals surface area contributed by atoms with Gasteiger partial charge in [-0.2, -0.15) is 0 Å². The van der Waals surface area contributed by atoms with Gasteiger partial charge in [-0.25, -0.2) is 17.8 Å². The first kappa shape index (κ1) is 16.7. The summed E-state index contributed by atoms with van der Waals surface area (Å²) < 4.78 is 45.8. The van der Waals surface area contributed by atoms with Crippen molar-refractivity contribution in [2.75, 3.05) is 11.3 Å². The molecule has 1 aliphatic rings. The topological polar surface area (TPSA) is 88.5 Å². The number of aromatic nitrogens is 1. The Morgan fingerprint density at radius 3 is 2.88 bits per heavy atom. The molecule has 2 heterocycles. The van der Waals surface area contributed by atoms with Crippen LogP contribution in [0.4, 0.5) is 10.2 Å². The summed E-state index contributed by atoms with van der Waals surface area (Å²) >= 11 is 0. The third-order valence-corrected chi connectivity index (χ3v) is 5.22. The first-order valence-electron chi connectivity index (χ1n) is 7.52. The second-order valence-corrected chi connectivity index (χ2v) is 7.11. The van der Waals surface area contributed by atoms with Crippen LogP contribution in [0.2, 0.25) is 0 Å². The Kier molecular flexibility index (Phi) is 4.42. The van der Waals surface area contributed by atoms with Gasteiger partial charge in [0.25, 0.3) is 10.0 Å². The second-order valence-electron chi connectivity index (χ2n) is 5.43. The lowest BCUT2D eigenvalue weighted by Crippen LogP contribution is -2.19. The number of nitrogens with one attached hydrogen (secondary N) is 1. The van der Waals surface area contributed by atoms with E-state index in [1.807, 2.05) is 6.92 Å². The minimum Gasteiger partial charge on any atom is -0.504 e. The summed E-state index contributed by atoms with van der Waals surface area (Å²) in [4.78, 5) is 3.99. The van der Waals surface area contributed by atoms with E-state index in [1.165, 1.54) is 12.1 Å². The van der Waals surface area contributed by atoms with Gasteiger partial charge in [-0.05, 0) is 31.0 Å². The van der Waals surface area contributed by atoms with Crippen molar-refractivity contribution < 1.29 is 22.7 Å². The van der Waals surface area contributed by atoms with E-state index in [0.29, 0.717) is 37.3 Å². The van der Waals surface area contributed by atoms with Gasteiger partial charge in [-0.3, -0.25) is 4.72 Å². The van der Waals surface area contributed by atoms with Gasteiger partial charge in [-0.15, -0.1) is 0 Å². The minimum atomic E-state index is -4.05. The zero-order valence-electron chi connectivity index (χ0n) is 13.0. The fourth-order valence-electron chi connectivity index (χ4n) is 2.69. The molecule has 3 rings (SSSR count). The van der Waals surface area contributed by atoms with Crippen LogP contribution in [-0.4, -0.2) is 25.1 Å². The highest BCUT2D eigenvalue weighted by molar-refractivity contribution is 7.92. The number of halogens is 1. The number of aryl methyl sites for hydroxylation is 1. The Morgan fingerprint density at radius 1 is 1.38 bits per heavy atom. The molecule has 2 aromatic rings. The molecule has 1 aromatic heterocycles. The molecule has 128 valence electrons. The van der Waals surface area contributed by atoms with E-state index in [1.54, 1.807) is 0 Å². The molecule has 1 aromatic carbocycles. The molecule has 0 spiro atoms. The van der Waals surface area contributed by atoms with Gasteiger partial charge in [0.05, 0.1) is 18.1 Å². The van der Waals surface area contributed by atoms with Gasteiger partial charge in [0.2, 0.25) is 0 Å².